The second kappa shape index (κ2) is 7.78. The number of rotatable bonds is 5. The number of carbonyl (C=O) groups is 1. The second-order valence-electron chi connectivity index (χ2n) is 5.81. The lowest BCUT2D eigenvalue weighted by Crippen LogP contribution is -2.22. The Hall–Kier alpha value is -2.62. The quantitative estimate of drug-likeness (QED) is 0.376. The van der Waals surface area contributed by atoms with Gasteiger partial charge in [0.05, 0.1) is 17.0 Å². The van der Waals surface area contributed by atoms with Crippen molar-refractivity contribution in [3.63, 3.8) is 0 Å². The fraction of sp³-hybridized carbons (Fsp3) is 0.111. The van der Waals surface area contributed by atoms with Gasteiger partial charge in [0.2, 0.25) is 5.91 Å². The number of halogens is 1. The molecule has 0 saturated heterocycles. The van der Waals surface area contributed by atoms with Crippen LogP contribution in [0.4, 0.5) is 5.82 Å². The number of aryl methyl sites for hydroxylation is 1. The van der Waals surface area contributed by atoms with E-state index in [-0.39, 0.29) is 17.2 Å². The summed E-state index contributed by atoms with van der Waals surface area (Å²) in [5, 5.41) is 9.19. The van der Waals surface area contributed by atoms with Crippen LogP contribution in [0.25, 0.3) is 15.9 Å². The maximum Gasteiger partial charge on any atom is 0.276 e. The van der Waals surface area contributed by atoms with E-state index in [1.165, 1.54) is 27.7 Å². The Morgan fingerprint density at radius 3 is 2.82 bits per heavy atom. The molecule has 1 aromatic carbocycles. The number of nitrogens with one attached hydrogen (secondary N) is 1. The molecule has 0 atom stereocenters. The van der Waals surface area contributed by atoms with Crippen LogP contribution in [-0.2, 0) is 4.79 Å². The van der Waals surface area contributed by atoms with Gasteiger partial charge >= 0.3 is 0 Å². The average molecular weight is 433 g/mol. The summed E-state index contributed by atoms with van der Waals surface area (Å²) in [4.78, 5) is 29.8. The molecule has 4 rings (SSSR count). The van der Waals surface area contributed by atoms with Gasteiger partial charge in [0.1, 0.15) is 10.5 Å². The first-order chi connectivity index (χ1) is 13.5. The highest BCUT2D eigenvalue weighted by atomic mass is 35.5. The minimum absolute atomic E-state index is 0.0571. The van der Waals surface area contributed by atoms with Gasteiger partial charge in [-0.15, -0.1) is 11.3 Å². The van der Waals surface area contributed by atoms with E-state index in [2.05, 4.69) is 15.5 Å². The first-order valence-electron chi connectivity index (χ1n) is 8.13. The fourth-order valence-electron chi connectivity index (χ4n) is 2.54. The molecule has 0 aliphatic heterocycles. The SMILES string of the molecule is Cc1cc(NC(=O)CSc2nc3ccsc3c(=O)n2-c2ccc(Cl)cc2)no1. The number of amides is 1. The van der Waals surface area contributed by atoms with Crippen molar-refractivity contribution >= 4 is 56.6 Å². The molecule has 142 valence electrons. The van der Waals surface area contributed by atoms with Gasteiger partial charge in [-0.25, -0.2) is 4.98 Å². The molecule has 1 amide bonds. The van der Waals surface area contributed by atoms with E-state index in [4.69, 9.17) is 16.1 Å². The van der Waals surface area contributed by atoms with Crippen LogP contribution in [-0.4, -0.2) is 26.4 Å². The molecule has 10 heteroatoms. The molecule has 28 heavy (non-hydrogen) atoms. The van der Waals surface area contributed by atoms with Crippen LogP contribution in [0, 0.1) is 6.92 Å². The lowest BCUT2D eigenvalue weighted by molar-refractivity contribution is -0.113. The molecule has 1 N–H and O–H groups in total. The maximum absolute atomic E-state index is 13.0. The van der Waals surface area contributed by atoms with E-state index in [1.807, 2.05) is 5.38 Å². The highest BCUT2D eigenvalue weighted by Crippen LogP contribution is 2.24. The first kappa shape index (κ1) is 18.7. The maximum atomic E-state index is 13.0. The molecular formula is C18H13ClN4O3S2. The van der Waals surface area contributed by atoms with Crippen LogP contribution >= 0.6 is 34.7 Å². The van der Waals surface area contributed by atoms with E-state index >= 15 is 0 Å². The number of fused-ring (bicyclic) bond motifs is 1. The minimum Gasteiger partial charge on any atom is -0.360 e. The molecule has 3 aromatic heterocycles. The van der Waals surface area contributed by atoms with Gasteiger partial charge in [-0.1, -0.05) is 28.5 Å². The van der Waals surface area contributed by atoms with Crippen molar-refractivity contribution in [2.75, 3.05) is 11.1 Å². The van der Waals surface area contributed by atoms with Gasteiger partial charge in [-0.2, -0.15) is 0 Å². The van der Waals surface area contributed by atoms with Gasteiger partial charge in [-0.3, -0.25) is 14.2 Å². The summed E-state index contributed by atoms with van der Waals surface area (Å²) in [6, 6.07) is 10.3. The Morgan fingerprint density at radius 1 is 1.32 bits per heavy atom. The molecule has 0 aliphatic rings. The number of anilines is 1. The molecule has 0 radical (unpaired) electrons. The van der Waals surface area contributed by atoms with Crippen LogP contribution in [0.1, 0.15) is 5.76 Å². The molecule has 4 aromatic rings. The van der Waals surface area contributed by atoms with Crippen LogP contribution in [0.2, 0.25) is 5.02 Å². The van der Waals surface area contributed by atoms with Gasteiger partial charge in [0.25, 0.3) is 5.56 Å². The Bertz CT molecular complexity index is 1210. The summed E-state index contributed by atoms with van der Waals surface area (Å²) in [6.45, 7) is 1.74. The Morgan fingerprint density at radius 2 is 2.11 bits per heavy atom. The zero-order chi connectivity index (χ0) is 19.7. The van der Waals surface area contributed by atoms with Crippen molar-refractivity contribution in [1.82, 2.24) is 14.7 Å². The Kier molecular flexibility index (Phi) is 5.21. The first-order valence-corrected chi connectivity index (χ1v) is 10.4. The molecule has 0 saturated carbocycles. The third-order valence-corrected chi connectivity index (χ3v) is 5.84. The second-order valence-corrected chi connectivity index (χ2v) is 8.10. The summed E-state index contributed by atoms with van der Waals surface area (Å²) in [5.74, 6) is 0.728. The van der Waals surface area contributed by atoms with Crippen molar-refractivity contribution in [1.29, 1.82) is 0 Å². The zero-order valence-corrected chi connectivity index (χ0v) is 16.9. The number of thioether (sulfide) groups is 1. The third-order valence-electron chi connectivity index (χ3n) is 3.76. The molecule has 0 spiro atoms. The van der Waals surface area contributed by atoms with E-state index < -0.39 is 0 Å². The highest BCUT2D eigenvalue weighted by molar-refractivity contribution is 7.99. The summed E-state index contributed by atoms with van der Waals surface area (Å²) >= 11 is 8.46. The summed E-state index contributed by atoms with van der Waals surface area (Å²) in [5.41, 5.74) is 1.06. The number of benzene rings is 1. The van der Waals surface area contributed by atoms with Crippen molar-refractivity contribution < 1.29 is 9.32 Å². The standard InChI is InChI=1S/C18H13ClN4O3S2/c1-10-8-14(22-26-10)21-15(24)9-28-18-20-13-6-7-27-16(13)17(25)23(18)12-4-2-11(19)3-5-12/h2-8H,9H2,1H3,(H,21,22,24). The van der Waals surface area contributed by atoms with Gasteiger partial charge < -0.3 is 9.84 Å². The van der Waals surface area contributed by atoms with Gasteiger partial charge in [-0.05, 0) is 42.6 Å². The van der Waals surface area contributed by atoms with Crippen molar-refractivity contribution in [3.8, 4) is 5.69 Å². The number of carbonyl (C=O) groups excluding carboxylic acids is 1. The smallest absolute Gasteiger partial charge is 0.276 e. The predicted octanol–water partition coefficient (Wildman–Crippen LogP) is 4.13. The lowest BCUT2D eigenvalue weighted by Gasteiger charge is -2.12. The highest BCUT2D eigenvalue weighted by Gasteiger charge is 2.16. The zero-order valence-electron chi connectivity index (χ0n) is 14.5. The van der Waals surface area contributed by atoms with Crippen LogP contribution in [0.3, 0.4) is 0 Å². The number of hydrogen-bond donors (Lipinski definition) is 1. The third kappa shape index (κ3) is 3.82. The fourth-order valence-corrected chi connectivity index (χ4v) is 4.24. The van der Waals surface area contributed by atoms with Crippen LogP contribution in [0.15, 0.2) is 56.3 Å². The predicted molar refractivity (Wildman–Crippen MR) is 111 cm³/mol. The number of nitrogens with zero attached hydrogens (tertiary/aromatic N) is 3. The topological polar surface area (TPSA) is 90.0 Å². The van der Waals surface area contributed by atoms with Gasteiger partial charge in [0.15, 0.2) is 11.0 Å². The summed E-state index contributed by atoms with van der Waals surface area (Å²) in [7, 11) is 0. The summed E-state index contributed by atoms with van der Waals surface area (Å²) < 4.78 is 6.98. The summed E-state index contributed by atoms with van der Waals surface area (Å²) in [6.07, 6.45) is 0. The number of thiophene rings is 1. The largest absolute Gasteiger partial charge is 0.360 e. The van der Waals surface area contributed by atoms with E-state index in [0.717, 1.165) is 0 Å². The van der Waals surface area contributed by atoms with E-state index in [0.29, 0.717) is 37.7 Å². The molecule has 0 unspecified atom stereocenters. The molecule has 0 aliphatic carbocycles. The van der Waals surface area contributed by atoms with Crippen molar-refractivity contribution in [2.45, 2.75) is 12.1 Å². The Labute approximate surface area is 172 Å². The van der Waals surface area contributed by atoms with Crippen molar-refractivity contribution in [3.05, 3.63) is 62.9 Å². The van der Waals surface area contributed by atoms with Crippen molar-refractivity contribution in [2.24, 2.45) is 0 Å². The lowest BCUT2D eigenvalue weighted by atomic mass is 10.3. The molecular weight excluding hydrogens is 420 g/mol. The normalized spacial score (nSPS) is 11.1. The molecule has 7 nitrogen and oxygen atoms in total. The van der Waals surface area contributed by atoms with E-state index in [1.54, 1.807) is 43.3 Å². The van der Waals surface area contributed by atoms with Gasteiger partial charge in [0, 0.05) is 11.1 Å². The monoisotopic (exact) mass is 432 g/mol. The molecule has 0 bridgehead atoms. The van der Waals surface area contributed by atoms with Crippen LogP contribution in [0.5, 0.6) is 0 Å². The number of aromatic nitrogens is 3. The van der Waals surface area contributed by atoms with Crippen LogP contribution < -0.4 is 10.9 Å². The molecule has 3 heterocycles. The number of hydrogen-bond acceptors (Lipinski definition) is 7. The molecule has 0 fully saturated rings. The average Bonchev–Trinajstić information content (AvgIpc) is 3.30. The minimum atomic E-state index is -0.277. The Balaban J connectivity index is 1.65. The van der Waals surface area contributed by atoms with E-state index in [9.17, 15) is 9.59 Å².